The molecule has 3 rings (SSSR count). The van der Waals surface area contributed by atoms with E-state index in [1.807, 2.05) is 6.92 Å². The average Bonchev–Trinajstić information content (AvgIpc) is 3.09. The summed E-state index contributed by atoms with van der Waals surface area (Å²) in [6.07, 6.45) is 7.09. The van der Waals surface area contributed by atoms with Gasteiger partial charge in [-0.1, -0.05) is 0 Å². The molecule has 3 aliphatic heterocycles. The molecular formula is C15H26N2O2. The van der Waals surface area contributed by atoms with Crippen molar-refractivity contribution in [1.82, 2.24) is 10.2 Å². The maximum atomic E-state index is 12.8. The lowest BCUT2D eigenvalue weighted by Crippen LogP contribution is -2.54. The Hall–Kier alpha value is -0.610. The highest BCUT2D eigenvalue weighted by Gasteiger charge is 2.40. The fourth-order valence-electron chi connectivity index (χ4n) is 3.96. The SMILES string of the molecule is CC1OCCC1C(=O)N1CCCCC1C1CCCN1. The molecule has 3 heterocycles. The van der Waals surface area contributed by atoms with Gasteiger partial charge >= 0.3 is 0 Å². The van der Waals surface area contributed by atoms with Gasteiger partial charge in [0, 0.05) is 25.2 Å². The van der Waals surface area contributed by atoms with Crippen molar-refractivity contribution in [2.75, 3.05) is 19.7 Å². The van der Waals surface area contributed by atoms with Crippen LogP contribution in [0.15, 0.2) is 0 Å². The molecular weight excluding hydrogens is 240 g/mol. The van der Waals surface area contributed by atoms with E-state index in [1.165, 1.54) is 25.7 Å². The third-order valence-electron chi connectivity index (χ3n) is 5.09. The van der Waals surface area contributed by atoms with E-state index in [2.05, 4.69) is 10.2 Å². The second-order valence-electron chi connectivity index (χ2n) is 6.27. The van der Waals surface area contributed by atoms with Crippen LogP contribution in [0.1, 0.15) is 45.4 Å². The Labute approximate surface area is 115 Å². The first-order valence-corrected chi connectivity index (χ1v) is 7.93. The minimum Gasteiger partial charge on any atom is -0.378 e. The Balaban J connectivity index is 1.70. The first-order valence-electron chi connectivity index (χ1n) is 7.93. The minimum atomic E-state index is 0.0991. The van der Waals surface area contributed by atoms with Crippen molar-refractivity contribution in [3.63, 3.8) is 0 Å². The van der Waals surface area contributed by atoms with Gasteiger partial charge < -0.3 is 15.0 Å². The Morgan fingerprint density at radius 3 is 2.79 bits per heavy atom. The van der Waals surface area contributed by atoms with Crippen LogP contribution in [-0.2, 0) is 9.53 Å². The lowest BCUT2D eigenvalue weighted by atomic mass is 9.91. The van der Waals surface area contributed by atoms with Gasteiger partial charge in [0.1, 0.15) is 0 Å². The molecule has 0 aromatic heterocycles. The first kappa shape index (κ1) is 13.4. The maximum absolute atomic E-state index is 12.8. The van der Waals surface area contributed by atoms with E-state index < -0.39 is 0 Å². The van der Waals surface area contributed by atoms with Gasteiger partial charge in [-0.15, -0.1) is 0 Å². The minimum absolute atomic E-state index is 0.0991. The number of carbonyl (C=O) groups is 1. The zero-order valence-electron chi connectivity index (χ0n) is 11.9. The fraction of sp³-hybridized carbons (Fsp3) is 0.933. The van der Waals surface area contributed by atoms with Crippen LogP contribution < -0.4 is 5.32 Å². The van der Waals surface area contributed by atoms with Crippen molar-refractivity contribution in [2.45, 2.75) is 63.6 Å². The van der Waals surface area contributed by atoms with Crippen molar-refractivity contribution in [3.05, 3.63) is 0 Å². The number of nitrogens with one attached hydrogen (secondary N) is 1. The number of nitrogens with zero attached hydrogens (tertiary/aromatic N) is 1. The van der Waals surface area contributed by atoms with E-state index in [4.69, 9.17) is 4.74 Å². The molecule has 3 fully saturated rings. The van der Waals surface area contributed by atoms with Crippen molar-refractivity contribution in [2.24, 2.45) is 5.92 Å². The standard InChI is InChI=1S/C15H26N2O2/c1-11-12(7-10-19-11)15(18)17-9-3-2-6-14(17)13-5-4-8-16-13/h11-14,16H,2-10H2,1H3. The average molecular weight is 266 g/mol. The molecule has 0 bridgehead atoms. The van der Waals surface area contributed by atoms with E-state index in [0.717, 1.165) is 32.5 Å². The maximum Gasteiger partial charge on any atom is 0.228 e. The van der Waals surface area contributed by atoms with Crippen LogP contribution in [0.3, 0.4) is 0 Å². The van der Waals surface area contributed by atoms with E-state index >= 15 is 0 Å². The molecule has 4 unspecified atom stereocenters. The molecule has 1 amide bonds. The predicted octanol–water partition coefficient (Wildman–Crippen LogP) is 1.54. The number of carbonyl (C=O) groups excluding carboxylic acids is 1. The van der Waals surface area contributed by atoms with E-state index in [-0.39, 0.29) is 12.0 Å². The quantitative estimate of drug-likeness (QED) is 0.824. The molecule has 1 N–H and O–H groups in total. The molecule has 19 heavy (non-hydrogen) atoms. The van der Waals surface area contributed by atoms with Crippen LogP contribution in [0.5, 0.6) is 0 Å². The summed E-state index contributed by atoms with van der Waals surface area (Å²) >= 11 is 0. The summed E-state index contributed by atoms with van der Waals surface area (Å²) in [4.78, 5) is 15.0. The summed E-state index contributed by atoms with van der Waals surface area (Å²) in [5.74, 6) is 0.449. The van der Waals surface area contributed by atoms with Crippen LogP contribution >= 0.6 is 0 Å². The van der Waals surface area contributed by atoms with Crippen LogP contribution in [0, 0.1) is 5.92 Å². The van der Waals surface area contributed by atoms with Crippen molar-refractivity contribution in [3.8, 4) is 0 Å². The van der Waals surface area contributed by atoms with Crippen molar-refractivity contribution in [1.29, 1.82) is 0 Å². The highest BCUT2D eigenvalue weighted by atomic mass is 16.5. The number of rotatable bonds is 2. The number of amides is 1. The Morgan fingerprint density at radius 2 is 2.11 bits per heavy atom. The van der Waals surface area contributed by atoms with E-state index in [9.17, 15) is 4.79 Å². The number of hydrogen-bond donors (Lipinski definition) is 1. The third kappa shape index (κ3) is 2.65. The van der Waals surface area contributed by atoms with Crippen LogP contribution in [0.25, 0.3) is 0 Å². The van der Waals surface area contributed by atoms with E-state index in [0.29, 0.717) is 18.0 Å². The number of hydrogen-bond acceptors (Lipinski definition) is 3. The van der Waals surface area contributed by atoms with Gasteiger partial charge in [-0.25, -0.2) is 0 Å². The lowest BCUT2D eigenvalue weighted by molar-refractivity contribution is -0.141. The summed E-state index contributed by atoms with van der Waals surface area (Å²) in [7, 11) is 0. The molecule has 0 aromatic carbocycles. The van der Waals surface area contributed by atoms with E-state index in [1.54, 1.807) is 0 Å². The van der Waals surface area contributed by atoms with Gasteiger partial charge in [-0.2, -0.15) is 0 Å². The van der Waals surface area contributed by atoms with Gasteiger partial charge in [0.25, 0.3) is 0 Å². The molecule has 3 aliphatic rings. The molecule has 0 aliphatic carbocycles. The lowest BCUT2D eigenvalue weighted by Gasteiger charge is -2.41. The summed E-state index contributed by atoms with van der Waals surface area (Å²) in [5.41, 5.74) is 0. The predicted molar refractivity (Wildman–Crippen MR) is 73.9 cm³/mol. The second kappa shape index (κ2) is 5.80. The summed E-state index contributed by atoms with van der Waals surface area (Å²) < 4.78 is 5.57. The van der Waals surface area contributed by atoms with Gasteiger partial charge in [0.05, 0.1) is 12.0 Å². The molecule has 4 heteroatoms. The third-order valence-corrected chi connectivity index (χ3v) is 5.09. The van der Waals surface area contributed by atoms with Gasteiger partial charge in [0.2, 0.25) is 5.91 Å². The van der Waals surface area contributed by atoms with Crippen molar-refractivity contribution < 1.29 is 9.53 Å². The highest BCUT2D eigenvalue weighted by Crippen LogP contribution is 2.29. The summed E-state index contributed by atoms with van der Waals surface area (Å²) in [6.45, 7) is 4.86. The topological polar surface area (TPSA) is 41.6 Å². The fourth-order valence-corrected chi connectivity index (χ4v) is 3.96. The molecule has 4 nitrogen and oxygen atoms in total. The van der Waals surface area contributed by atoms with Crippen LogP contribution in [-0.4, -0.2) is 48.7 Å². The normalized spacial score (nSPS) is 39.7. The molecule has 4 atom stereocenters. The number of ether oxygens (including phenoxy) is 1. The Morgan fingerprint density at radius 1 is 1.21 bits per heavy atom. The second-order valence-corrected chi connectivity index (χ2v) is 6.27. The summed E-state index contributed by atoms with van der Waals surface area (Å²) in [6, 6.07) is 0.957. The Bertz CT molecular complexity index is 328. The van der Waals surface area contributed by atoms with Crippen molar-refractivity contribution >= 4 is 5.91 Å². The molecule has 108 valence electrons. The molecule has 0 aromatic rings. The largest absolute Gasteiger partial charge is 0.378 e. The van der Waals surface area contributed by atoms with Gasteiger partial charge in [0.15, 0.2) is 0 Å². The summed E-state index contributed by atoms with van der Waals surface area (Å²) in [5, 5.41) is 3.59. The van der Waals surface area contributed by atoms with Gasteiger partial charge in [-0.05, 0) is 52.0 Å². The molecule has 0 saturated carbocycles. The molecule has 0 spiro atoms. The van der Waals surface area contributed by atoms with Crippen LogP contribution in [0.2, 0.25) is 0 Å². The smallest absolute Gasteiger partial charge is 0.228 e. The van der Waals surface area contributed by atoms with Gasteiger partial charge in [-0.3, -0.25) is 4.79 Å². The molecule has 0 radical (unpaired) electrons. The first-order chi connectivity index (χ1) is 9.27. The monoisotopic (exact) mass is 266 g/mol. The number of likely N-dealkylation sites (tertiary alicyclic amines) is 1. The zero-order valence-corrected chi connectivity index (χ0v) is 11.9. The molecule has 3 saturated heterocycles. The van der Waals surface area contributed by atoms with Crippen LogP contribution in [0.4, 0.5) is 0 Å². The Kier molecular flexibility index (Phi) is 4.08. The zero-order chi connectivity index (χ0) is 13.2. The number of piperidine rings is 1. The highest BCUT2D eigenvalue weighted by molar-refractivity contribution is 5.80.